The maximum atomic E-state index is 12.1. The minimum atomic E-state index is -0.495. The summed E-state index contributed by atoms with van der Waals surface area (Å²) >= 11 is 2.55. The van der Waals surface area contributed by atoms with E-state index in [1.807, 2.05) is 52.8 Å². The van der Waals surface area contributed by atoms with E-state index in [4.69, 9.17) is 0 Å². The summed E-state index contributed by atoms with van der Waals surface area (Å²) in [7, 11) is 0. The summed E-state index contributed by atoms with van der Waals surface area (Å²) in [5.74, 6) is 0.0111. The number of nitrogens with zero attached hydrogens (tertiary/aromatic N) is 2. The first-order valence-corrected chi connectivity index (χ1v) is 9.60. The number of thioether (sulfide) groups is 1. The number of carbonyl (C=O) groups excluding carboxylic acids is 2. The second-order valence-corrected chi connectivity index (χ2v) is 8.93. The number of hydrogen-bond donors (Lipinski definition) is 2. The molecule has 0 aliphatic heterocycles. The number of hydrogen-bond acceptors (Lipinski definition) is 6. The van der Waals surface area contributed by atoms with Crippen LogP contribution in [-0.2, 0) is 9.59 Å². The van der Waals surface area contributed by atoms with Gasteiger partial charge < -0.3 is 10.6 Å². The highest BCUT2D eigenvalue weighted by Crippen LogP contribution is 2.27. The SMILES string of the molecule is Cc1ccc(C)c(NC(=O)CSc2nnc(NC(=O)C(C)(C)C)s2)c1. The third-order valence-electron chi connectivity index (χ3n) is 3.30. The zero-order chi connectivity index (χ0) is 18.6. The lowest BCUT2D eigenvalue weighted by molar-refractivity contribution is -0.123. The van der Waals surface area contributed by atoms with E-state index in [1.165, 1.54) is 23.1 Å². The van der Waals surface area contributed by atoms with Gasteiger partial charge in [0.1, 0.15) is 0 Å². The van der Waals surface area contributed by atoms with E-state index in [9.17, 15) is 9.59 Å². The summed E-state index contributed by atoms with van der Waals surface area (Å²) in [6.45, 7) is 9.43. The van der Waals surface area contributed by atoms with Crippen LogP contribution < -0.4 is 10.6 Å². The van der Waals surface area contributed by atoms with Crippen molar-refractivity contribution in [3.8, 4) is 0 Å². The van der Waals surface area contributed by atoms with Gasteiger partial charge in [0.05, 0.1) is 5.75 Å². The standard InChI is InChI=1S/C17H22N4O2S2/c1-10-6-7-11(2)12(8-10)18-13(22)9-24-16-21-20-15(25-16)19-14(23)17(3,4)5/h6-8H,9H2,1-5H3,(H,18,22)(H,19,20,23). The molecule has 0 fully saturated rings. The Morgan fingerprint density at radius 1 is 1.16 bits per heavy atom. The monoisotopic (exact) mass is 378 g/mol. The second-order valence-electron chi connectivity index (χ2n) is 6.73. The smallest absolute Gasteiger partial charge is 0.234 e. The van der Waals surface area contributed by atoms with Gasteiger partial charge >= 0.3 is 0 Å². The number of nitrogens with one attached hydrogen (secondary N) is 2. The van der Waals surface area contributed by atoms with E-state index in [-0.39, 0.29) is 17.6 Å². The van der Waals surface area contributed by atoms with Crippen LogP contribution in [0.25, 0.3) is 0 Å². The molecule has 0 saturated carbocycles. The summed E-state index contributed by atoms with van der Waals surface area (Å²) in [6.07, 6.45) is 0. The fraction of sp³-hybridized carbons (Fsp3) is 0.412. The van der Waals surface area contributed by atoms with Crippen LogP contribution in [0.5, 0.6) is 0 Å². The number of carbonyl (C=O) groups is 2. The summed E-state index contributed by atoms with van der Waals surface area (Å²) in [5, 5.41) is 14.0. The predicted molar refractivity (Wildman–Crippen MR) is 103 cm³/mol. The van der Waals surface area contributed by atoms with Crippen LogP contribution in [0.2, 0.25) is 0 Å². The van der Waals surface area contributed by atoms with Crippen molar-refractivity contribution in [2.24, 2.45) is 5.41 Å². The van der Waals surface area contributed by atoms with Crippen molar-refractivity contribution in [3.63, 3.8) is 0 Å². The summed E-state index contributed by atoms with van der Waals surface area (Å²) in [4.78, 5) is 24.0. The highest BCUT2D eigenvalue weighted by atomic mass is 32.2. The Hall–Kier alpha value is -1.93. The van der Waals surface area contributed by atoms with Crippen LogP contribution in [0.15, 0.2) is 22.5 Å². The molecule has 0 atom stereocenters. The Balaban J connectivity index is 1.88. The van der Waals surface area contributed by atoms with Crippen molar-refractivity contribution in [1.29, 1.82) is 0 Å². The molecule has 25 heavy (non-hydrogen) atoms. The van der Waals surface area contributed by atoms with Gasteiger partial charge in [0.25, 0.3) is 0 Å². The Labute approximate surface area is 155 Å². The lowest BCUT2D eigenvalue weighted by Gasteiger charge is -2.15. The molecule has 2 N–H and O–H groups in total. The van der Waals surface area contributed by atoms with Crippen LogP contribution in [0.4, 0.5) is 10.8 Å². The van der Waals surface area contributed by atoms with Gasteiger partial charge in [-0.25, -0.2) is 0 Å². The normalized spacial score (nSPS) is 11.2. The molecule has 6 nitrogen and oxygen atoms in total. The molecule has 0 radical (unpaired) electrons. The maximum absolute atomic E-state index is 12.1. The molecule has 0 saturated heterocycles. The quantitative estimate of drug-likeness (QED) is 0.609. The number of aromatic nitrogens is 2. The van der Waals surface area contributed by atoms with E-state index in [0.717, 1.165) is 16.8 Å². The number of anilines is 2. The van der Waals surface area contributed by atoms with Gasteiger partial charge in [-0.3, -0.25) is 9.59 Å². The highest BCUT2D eigenvalue weighted by Gasteiger charge is 2.22. The van der Waals surface area contributed by atoms with E-state index in [1.54, 1.807) is 0 Å². The minimum absolute atomic E-state index is 0.103. The largest absolute Gasteiger partial charge is 0.325 e. The Bertz CT molecular complexity index is 781. The average Bonchev–Trinajstić information content (AvgIpc) is 2.95. The molecule has 1 aromatic carbocycles. The van der Waals surface area contributed by atoms with E-state index in [2.05, 4.69) is 20.8 Å². The van der Waals surface area contributed by atoms with Crippen molar-refractivity contribution in [2.75, 3.05) is 16.4 Å². The van der Waals surface area contributed by atoms with Crippen molar-refractivity contribution >= 4 is 45.7 Å². The van der Waals surface area contributed by atoms with Crippen LogP contribution in [0.3, 0.4) is 0 Å². The van der Waals surface area contributed by atoms with E-state index in [0.29, 0.717) is 9.47 Å². The van der Waals surface area contributed by atoms with Gasteiger partial charge in [0, 0.05) is 11.1 Å². The molecule has 0 aliphatic rings. The number of benzene rings is 1. The van der Waals surface area contributed by atoms with Crippen LogP contribution in [0.1, 0.15) is 31.9 Å². The third-order valence-corrected chi connectivity index (χ3v) is 5.27. The minimum Gasteiger partial charge on any atom is -0.325 e. The molecule has 0 spiro atoms. The van der Waals surface area contributed by atoms with Gasteiger partial charge in [0.15, 0.2) is 4.34 Å². The molecule has 0 unspecified atom stereocenters. The Kier molecular flexibility index (Phi) is 6.18. The second kappa shape index (κ2) is 7.97. The maximum Gasteiger partial charge on any atom is 0.234 e. The fourth-order valence-electron chi connectivity index (χ4n) is 1.79. The molecule has 8 heteroatoms. The topological polar surface area (TPSA) is 84.0 Å². The molecular formula is C17H22N4O2S2. The molecule has 0 bridgehead atoms. The number of aryl methyl sites for hydroxylation is 2. The zero-order valence-electron chi connectivity index (χ0n) is 15.0. The molecular weight excluding hydrogens is 356 g/mol. The molecule has 2 rings (SSSR count). The molecule has 1 heterocycles. The summed E-state index contributed by atoms with van der Waals surface area (Å²) in [6, 6.07) is 5.93. The first-order valence-electron chi connectivity index (χ1n) is 7.80. The fourth-order valence-corrected chi connectivity index (χ4v) is 3.33. The summed E-state index contributed by atoms with van der Waals surface area (Å²) in [5.41, 5.74) is 2.44. The summed E-state index contributed by atoms with van der Waals surface area (Å²) < 4.78 is 0.639. The number of amides is 2. The average molecular weight is 379 g/mol. The predicted octanol–water partition coefficient (Wildman–Crippen LogP) is 3.87. The van der Waals surface area contributed by atoms with Crippen molar-refractivity contribution in [2.45, 2.75) is 39.0 Å². The highest BCUT2D eigenvalue weighted by molar-refractivity contribution is 8.01. The first kappa shape index (κ1) is 19.4. The van der Waals surface area contributed by atoms with E-state index >= 15 is 0 Å². The van der Waals surface area contributed by atoms with Gasteiger partial charge in [-0.1, -0.05) is 56.0 Å². The molecule has 2 amide bonds. The van der Waals surface area contributed by atoms with Gasteiger partial charge in [-0.15, -0.1) is 10.2 Å². The molecule has 0 aliphatic carbocycles. The van der Waals surface area contributed by atoms with Crippen LogP contribution >= 0.6 is 23.1 Å². The molecule has 1 aromatic heterocycles. The van der Waals surface area contributed by atoms with Crippen LogP contribution in [0, 0.1) is 19.3 Å². The number of rotatable bonds is 5. The molecule has 2 aromatic rings. The molecule has 134 valence electrons. The van der Waals surface area contributed by atoms with Crippen molar-refractivity contribution < 1.29 is 9.59 Å². The lowest BCUT2D eigenvalue weighted by Crippen LogP contribution is -2.27. The van der Waals surface area contributed by atoms with E-state index < -0.39 is 5.41 Å². The zero-order valence-corrected chi connectivity index (χ0v) is 16.6. The van der Waals surface area contributed by atoms with Crippen LogP contribution in [-0.4, -0.2) is 27.8 Å². The van der Waals surface area contributed by atoms with Gasteiger partial charge in [0.2, 0.25) is 16.9 Å². The van der Waals surface area contributed by atoms with Gasteiger partial charge in [-0.2, -0.15) is 0 Å². The Morgan fingerprint density at radius 3 is 2.56 bits per heavy atom. The first-order chi connectivity index (χ1) is 11.6. The van der Waals surface area contributed by atoms with Crippen molar-refractivity contribution in [1.82, 2.24) is 10.2 Å². The lowest BCUT2D eigenvalue weighted by atomic mass is 9.96. The Morgan fingerprint density at radius 2 is 1.88 bits per heavy atom. The third kappa shape index (κ3) is 5.82. The van der Waals surface area contributed by atoms with Gasteiger partial charge in [-0.05, 0) is 31.0 Å². The van der Waals surface area contributed by atoms with Crippen molar-refractivity contribution in [3.05, 3.63) is 29.3 Å².